The molecule has 0 atom stereocenters. The van der Waals surface area contributed by atoms with Crippen LogP contribution in [0.2, 0.25) is 0 Å². The number of nitrogens with one attached hydrogen (secondary N) is 2. The SMILES string of the molecule is N=C(NO)c1ccc(/N=N/c2c(N)ncc3ccccc23)cn1. The van der Waals surface area contributed by atoms with Crippen LogP contribution in [0.25, 0.3) is 10.8 Å². The molecule has 2 heterocycles. The number of fused-ring (bicyclic) bond motifs is 1. The first-order chi connectivity index (χ1) is 11.2. The van der Waals surface area contributed by atoms with Gasteiger partial charge in [-0.3, -0.25) is 21.1 Å². The highest BCUT2D eigenvalue weighted by molar-refractivity contribution is 5.96. The maximum Gasteiger partial charge on any atom is 0.168 e. The van der Waals surface area contributed by atoms with E-state index in [0.29, 0.717) is 17.2 Å². The number of hydrogen-bond acceptors (Lipinski definition) is 7. The maximum absolute atomic E-state index is 8.66. The molecule has 3 aromatic rings. The molecule has 114 valence electrons. The molecule has 0 saturated carbocycles. The highest BCUT2D eigenvalue weighted by Crippen LogP contribution is 2.31. The van der Waals surface area contributed by atoms with Crippen LogP contribution in [0.5, 0.6) is 0 Å². The average Bonchev–Trinajstić information content (AvgIpc) is 2.60. The van der Waals surface area contributed by atoms with Crippen molar-refractivity contribution in [3.63, 3.8) is 0 Å². The van der Waals surface area contributed by atoms with Crippen LogP contribution in [-0.2, 0) is 0 Å². The van der Waals surface area contributed by atoms with Crippen molar-refractivity contribution >= 4 is 33.8 Å². The van der Waals surface area contributed by atoms with E-state index in [1.807, 2.05) is 24.3 Å². The van der Waals surface area contributed by atoms with Gasteiger partial charge in [-0.25, -0.2) is 4.98 Å². The van der Waals surface area contributed by atoms with Crippen molar-refractivity contribution in [2.75, 3.05) is 5.73 Å². The van der Waals surface area contributed by atoms with Gasteiger partial charge in [0, 0.05) is 17.0 Å². The fourth-order valence-corrected chi connectivity index (χ4v) is 2.03. The van der Waals surface area contributed by atoms with Gasteiger partial charge in [0.15, 0.2) is 11.7 Å². The van der Waals surface area contributed by atoms with Gasteiger partial charge in [0.1, 0.15) is 17.1 Å². The van der Waals surface area contributed by atoms with Crippen LogP contribution in [0, 0.1) is 5.41 Å². The van der Waals surface area contributed by atoms with Gasteiger partial charge in [0.05, 0.1) is 6.20 Å². The van der Waals surface area contributed by atoms with E-state index in [2.05, 4.69) is 20.2 Å². The zero-order chi connectivity index (χ0) is 16.2. The molecule has 0 amide bonds. The molecule has 0 fully saturated rings. The molecule has 0 aliphatic carbocycles. The van der Waals surface area contributed by atoms with Crippen molar-refractivity contribution in [1.29, 1.82) is 5.41 Å². The molecular weight excluding hydrogens is 294 g/mol. The number of benzene rings is 1. The Morgan fingerprint density at radius 1 is 1.09 bits per heavy atom. The van der Waals surface area contributed by atoms with E-state index < -0.39 is 0 Å². The minimum Gasteiger partial charge on any atom is -0.382 e. The number of amidine groups is 1. The molecule has 3 rings (SSSR count). The number of nitrogens with zero attached hydrogens (tertiary/aromatic N) is 4. The van der Waals surface area contributed by atoms with Gasteiger partial charge >= 0.3 is 0 Å². The van der Waals surface area contributed by atoms with Crippen LogP contribution in [0.15, 0.2) is 59.0 Å². The van der Waals surface area contributed by atoms with Gasteiger partial charge in [0.2, 0.25) is 0 Å². The Hall–Kier alpha value is -3.39. The van der Waals surface area contributed by atoms with Gasteiger partial charge < -0.3 is 5.73 Å². The molecule has 0 saturated heterocycles. The Balaban J connectivity index is 1.94. The molecule has 0 bridgehead atoms. The summed E-state index contributed by atoms with van der Waals surface area (Å²) >= 11 is 0. The van der Waals surface area contributed by atoms with E-state index in [-0.39, 0.29) is 11.5 Å². The second-order valence-corrected chi connectivity index (χ2v) is 4.67. The second-order valence-electron chi connectivity index (χ2n) is 4.67. The fraction of sp³-hybridized carbons (Fsp3) is 0. The van der Waals surface area contributed by atoms with Crippen LogP contribution in [0.4, 0.5) is 17.2 Å². The van der Waals surface area contributed by atoms with E-state index in [1.165, 1.54) is 6.20 Å². The first kappa shape index (κ1) is 14.5. The Bertz CT molecular complexity index is 890. The summed E-state index contributed by atoms with van der Waals surface area (Å²) in [5, 5.41) is 26.1. The number of nitrogen functional groups attached to an aromatic ring is 1. The predicted molar refractivity (Wildman–Crippen MR) is 86.3 cm³/mol. The van der Waals surface area contributed by atoms with E-state index in [4.69, 9.17) is 16.4 Å². The third kappa shape index (κ3) is 2.97. The van der Waals surface area contributed by atoms with Crippen LogP contribution >= 0.6 is 0 Å². The minimum absolute atomic E-state index is 0.198. The highest BCUT2D eigenvalue weighted by atomic mass is 16.5. The molecule has 5 N–H and O–H groups in total. The van der Waals surface area contributed by atoms with Crippen LogP contribution in [-0.4, -0.2) is 21.0 Å². The third-order valence-electron chi connectivity index (χ3n) is 3.18. The number of aromatic nitrogens is 2. The van der Waals surface area contributed by atoms with Crippen molar-refractivity contribution < 1.29 is 5.21 Å². The number of hydroxylamine groups is 1. The molecule has 2 aromatic heterocycles. The number of rotatable bonds is 3. The van der Waals surface area contributed by atoms with Crippen molar-refractivity contribution in [3.8, 4) is 0 Å². The van der Waals surface area contributed by atoms with E-state index in [1.54, 1.807) is 23.8 Å². The van der Waals surface area contributed by atoms with E-state index >= 15 is 0 Å². The van der Waals surface area contributed by atoms with Crippen LogP contribution in [0.1, 0.15) is 5.69 Å². The lowest BCUT2D eigenvalue weighted by atomic mass is 10.1. The van der Waals surface area contributed by atoms with Crippen molar-refractivity contribution in [2.45, 2.75) is 0 Å². The molecule has 0 radical (unpaired) electrons. The first-order valence-electron chi connectivity index (χ1n) is 6.69. The molecule has 0 unspecified atom stereocenters. The summed E-state index contributed by atoms with van der Waals surface area (Å²) in [6.45, 7) is 0. The quantitative estimate of drug-likeness (QED) is 0.255. The topological polar surface area (TPSA) is 133 Å². The van der Waals surface area contributed by atoms with Crippen molar-refractivity contribution in [2.24, 2.45) is 10.2 Å². The summed E-state index contributed by atoms with van der Waals surface area (Å²) < 4.78 is 0. The van der Waals surface area contributed by atoms with Gasteiger partial charge in [-0.2, -0.15) is 0 Å². The largest absolute Gasteiger partial charge is 0.382 e. The summed E-state index contributed by atoms with van der Waals surface area (Å²) in [5.74, 6) is 0.0966. The normalized spacial score (nSPS) is 11.0. The summed E-state index contributed by atoms with van der Waals surface area (Å²) in [6.07, 6.45) is 3.13. The molecule has 8 nitrogen and oxygen atoms in total. The maximum atomic E-state index is 8.66. The number of anilines is 1. The Kier molecular flexibility index (Phi) is 3.89. The Morgan fingerprint density at radius 3 is 2.65 bits per heavy atom. The second kappa shape index (κ2) is 6.16. The molecule has 23 heavy (non-hydrogen) atoms. The fourth-order valence-electron chi connectivity index (χ4n) is 2.03. The van der Waals surface area contributed by atoms with Crippen molar-refractivity contribution in [1.82, 2.24) is 15.4 Å². The Morgan fingerprint density at radius 2 is 1.91 bits per heavy atom. The smallest absolute Gasteiger partial charge is 0.168 e. The van der Waals surface area contributed by atoms with Gasteiger partial charge in [-0.1, -0.05) is 24.3 Å². The molecule has 0 spiro atoms. The molecule has 0 aliphatic heterocycles. The summed E-state index contributed by atoms with van der Waals surface area (Å²) in [5.41, 5.74) is 8.90. The first-order valence-corrected chi connectivity index (χ1v) is 6.69. The highest BCUT2D eigenvalue weighted by Gasteiger charge is 2.06. The number of azo groups is 1. The monoisotopic (exact) mass is 307 g/mol. The average molecular weight is 307 g/mol. The van der Waals surface area contributed by atoms with Crippen LogP contribution in [0.3, 0.4) is 0 Å². The lowest BCUT2D eigenvalue weighted by molar-refractivity contribution is 0.234. The standard InChI is InChI=1S/C15H13N7O/c16-14(22-23)12-6-5-10(8-18-12)20-21-13-11-4-2-1-3-9(11)7-19-15(13)17/h1-8,23H,(H2,16,22)(H2,17,19)/b21-20+. The predicted octanol–water partition coefficient (Wildman–Crippen LogP) is 2.93. The number of hydrogen-bond donors (Lipinski definition) is 4. The van der Waals surface area contributed by atoms with E-state index in [9.17, 15) is 0 Å². The summed E-state index contributed by atoms with van der Waals surface area (Å²) in [4.78, 5) is 8.11. The minimum atomic E-state index is -0.198. The zero-order valence-electron chi connectivity index (χ0n) is 11.9. The zero-order valence-corrected chi connectivity index (χ0v) is 11.9. The van der Waals surface area contributed by atoms with Gasteiger partial charge in [-0.15, -0.1) is 10.2 Å². The third-order valence-corrected chi connectivity index (χ3v) is 3.18. The summed E-state index contributed by atoms with van der Waals surface area (Å²) in [6, 6.07) is 10.8. The van der Waals surface area contributed by atoms with Crippen LogP contribution < -0.4 is 11.2 Å². The van der Waals surface area contributed by atoms with Gasteiger partial charge in [-0.05, 0) is 12.1 Å². The Labute approximate surface area is 131 Å². The lowest BCUT2D eigenvalue weighted by Gasteiger charge is -2.03. The van der Waals surface area contributed by atoms with Gasteiger partial charge in [0.25, 0.3) is 0 Å². The molecule has 0 aliphatic rings. The molecule has 1 aromatic carbocycles. The molecule has 8 heteroatoms. The van der Waals surface area contributed by atoms with Crippen molar-refractivity contribution in [3.05, 3.63) is 54.5 Å². The number of nitrogens with two attached hydrogens (primary N) is 1. The van der Waals surface area contributed by atoms with E-state index in [0.717, 1.165) is 10.8 Å². The molecular formula is C15H13N7O. The number of pyridine rings is 2. The lowest BCUT2D eigenvalue weighted by Crippen LogP contribution is -2.19. The summed E-state index contributed by atoms with van der Waals surface area (Å²) in [7, 11) is 0.